The number of imidazole rings is 1. The van der Waals surface area contributed by atoms with E-state index in [1.165, 1.54) is 12.1 Å². The number of rotatable bonds is 10. The molecular weight excluding hydrogens is 638 g/mol. The van der Waals surface area contributed by atoms with Crippen molar-refractivity contribution in [3.8, 4) is 5.88 Å². The number of alkyl halides is 5. The zero-order chi connectivity index (χ0) is 31.8. The summed E-state index contributed by atoms with van der Waals surface area (Å²) in [6.45, 7) is -1.05. The van der Waals surface area contributed by atoms with Crippen molar-refractivity contribution in [1.82, 2.24) is 25.6 Å². The number of carbonyl (C=O) groups excluding carboxylic acids is 2. The second kappa shape index (κ2) is 12.5. The molecular formula is C27H27Cl2F5N6O4. The summed E-state index contributed by atoms with van der Waals surface area (Å²) in [6.07, 6.45) is -6.51. The lowest BCUT2D eigenvalue weighted by atomic mass is 9.85. The number of H-pyrrole nitrogens is 1. The highest BCUT2D eigenvalue weighted by atomic mass is 35.5. The first-order chi connectivity index (χ1) is 20.7. The van der Waals surface area contributed by atoms with Gasteiger partial charge in [0.25, 0.3) is 18.2 Å². The molecule has 0 saturated heterocycles. The maximum Gasteiger partial charge on any atom is 0.391 e. The molecule has 10 nitrogen and oxygen atoms in total. The van der Waals surface area contributed by atoms with Crippen molar-refractivity contribution in [1.29, 1.82) is 0 Å². The highest BCUT2D eigenvalue weighted by molar-refractivity contribution is 6.39. The van der Waals surface area contributed by atoms with Crippen molar-refractivity contribution in [3.63, 3.8) is 0 Å². The average Bonchev–Trinajstić information content (AvgIpc) is 3.59. The maximum absolute atomic E-state index is 13.1. The van der Waals surface area contributed by atoms with Gasteiger partial charge in [0.2, 0.25) is 11.8 Å². The smallest absolute Gasteiger partial charge is 0.391 e. The van der Waals surface area contributed by atoms with Crippen LogP contribution in [0.5, 0.6) is 5.88 Å². The molecule has 17 heteroatoms. The fraction of sp³-hybridized carbons (Fsp3) is 0.481. The summed E-state index contributed by atoms with van der Waals surface area (Å²) in [7, 11) is 0. The molecule has 2 aliphatic rings. The van der Waals surface area contributed by atoms with Crippen molar-refractivity contribution in [2.24, 2.45) is 5.92 Å². The van der Waals surface area contributed by atoms with E-state index in [0.717, 1.165) is 0 Å². The van der Waals surface area contributed by atoms with Crippen LogP contribution in [0, 0.1) is 5.92 Å². The second-order valence-electron chi connectivity index (χ2n) is 10.8. The molecule has 44 heavy (non-hydrogen) atoms. The predicted octanol–water partition coefficient (Wildman–Crippen LogP) is 5.64. The van der Waals surface area contributed by atoms with E-state index in [1.54, 1.807) is 6.07 Å². The lowest BCUT2D eigenvalue weighted by Gasteiger charge is -2.30. The van der Waals surface area contributed by atoms with Gasteiger partial charge in [-0.2, -0.15) is 23.1 Å². The molecule has 2 heterocycles. The quantitative estimate of drug-likeness (QED) is 0.177. The number of nitrogens with one attached hydrogen (secondary N) is 4. The number of amides is 2. The van der Waals surface area contributed by atoms with Crippen molar-refractivity contribution < 1.29 is 41.4 Å². The molecule has 2 aliphatic carbocycles. The lowest BCUT2D eigenvalue weighted by molar-refractivity contribution is -0.182. The van der Waals surface area contributed by atoms with Crippen LogP contribution in [0.2, 0.25) is 10.0 Å². The van der Waals surface area contributed by atoms with Crippen LogP contribution in [0.1, 0.15) is 54.4 Å². The first-order valence-electron chi connectivity index (χ1n) is 13.7. The second-order valence-corrected chi connectivity index (χ2v) is 11.6. The number of hydrogen-bond acceptors (Lipinski definition) is 7. The Morgan fingerprint density at radius 3 is 2.48 bits per heavy atom. The SMILES string of the molecule is O=C(N[C@H]1CC[C@H](C(F)(F)F)CC1)c1cc2[nH]c(Nc3c(Cl)ccc(CNC(=O)C4(O)CC4)c3Cl)nc2nc1OCC(F)F. The van der Waals surface area contributed by atoms with Crippen LogP contribution in [-0.2, 0) is 11.3 Å². The number of nitrogens with zero attached hydrogens (tertiary/aromatic N) is 2. The average molecular weight is 665 g/mol. The van der Waals surface area contributed by atoms with Crippen molar-refractivity contribution in [2.75, 3.05) is 11.9 Å². The lowest BCUT2D eigenvalue weighted by Crippen LogP contribution is -2.40. The maximum atomic E-state index is 13.1. The Kier molecular flexibility index (Phi) is 9.10. The number of hydrogen-bond donors (Lipinski definition) is 5. The Labute approximate surface area is 257 Å². The number of benzene rings is 1. The first-order valence-corrected chi connectivity index (χ1v) is 14.4. The standard InChI is InChI=1S/C27H27Cl2F5N6O4/c28-16-6-1-12(10-35-24(42)26(43)7-8-26)19(29)20(16)38-25-37-17-9-15(23(39-21(17)40-25)44-11-18(30)31)22(41)36-14-4-2-13(3-5-14)27(32,33)34/h1,6,9,13-14,18,43H,2-5,7-8,10-11H2,(H,35,42)(H,36,41)(H2,37,38,39,40)/t13-,14-. The fourth-order valence-corrected chi connectivity index (χ4v) is 5.41. The summed E-state index contributed by atoms with van der Waals surface area (Å²) in [5.41, 5.74) is -0.676. The van der Waals surface area contributed by atoms with E-state index in [1.807, 2.05) is 0 Å². The van der Waals surface area contributed by atoms with E-state index in [0.29, 0.717) is 18.4 Å². The Hall–Kier alpha value is -3.43. The molecule has 0 unspecified atom stereocenters. The summed E-state index contributed by atoms with van der Waals surface area (Å²) in [4.78, 5) is 36.5. The highest BCUT2D eigenvalue weighted by Gasteiger charge is 2.48. The van der Waals surface area contributed by atoms with Gasteiger partial charge in [-0.3, -0.25) is 9.59 Å². The summed E-state index contributed by atoms with van der Waals surface area (Å²) < 4.78 is 70.1. The van der Waals surface area contributed by atoms with Crippen molar-refractivity contribution >= 4 is 57.8 Å². The number of aromatic amines is 1. The molecule has 238 valence electrons. The topological polar surface area (TPSA) is 141 Å². The fourth-order valence-electron chi connectivity index (χ4n) is 4.88. The molecule has 0 radical (unpaired) electrons. The van der Waals surface area contributed by atoms with E-state index in [9.17, 15) is 36.6 Å². The van der Waals surface area contributed by atoms with Gasteiger partial charge >= 0.3 is 6.18 Å². The van der Waals surface area contributed by atoms with E-state index < -0.39 is 54.5 Å². The number of pyridine rings is 1. The van der Waals surface area contributed by atoms with Gasteiger partial charge in [0.15, 0.2) is 12.3 Å². The Bertz CT molecular complexity index is 1560. The number of fused-ring (bicyclic) bond motifs is 1. The van der Waals surface area contributed by atoms with Gasteiger partial charge in [0.05, 0.1) is 27.2 Å². The Morgan fingerprint density at radius 2 is 1.84 bits per heavy atom. The molecule has 1 aromatic carbocycles. The molecule has 5 N–H and O–H groups in total. The number of aromatic nitrogens is 3. The number of halogens is 7. The molecule has 2 fully saturated rings. The van der Waals surface area contributed by atoms with Crippen LogP contribution in [0.25, 0.3) is 11.2 Å². The van der Waals surface area contributed by atoms with E-state index in [-0.39, 0.29) is 70.6 Å². The van der Waals surface area contributed by atoms with Gasteiger partial charge < -0.3 is 30.8 Å². The van der Waals surface area contributed by atoms with Gasteiger partial charge in [-0.1, -0.05) is 29.3 Å². The van der Waals surface area contributed by atoms with Crippen LogP contribution in [-0.4, -0.2) is 62.7 Å². The molecule has 0 bridgehead atoms. The Morgan fingerprint density at radius 1 is 1.14 bits per heavy atom. The normalized spacial score (nSPS) is 19.6. The third-order valence-electron chi connectivity index (χ3n) is 7.55. The van der Waals surface area contributed by atoms with E-state index in [2.05, 4.69) is 30.9 Å². The summed E-state index contributed by atoms with van der Waals surface area (Å²) in [6, 6.07) is 3.87. The van der Waals surface area contributed by atoms with Gasteiger partial charge in [-0.05, 0) is 56.2 Å². The molecule has 3 aromatic rings. The first kappa shape index (κ1) is 32.0. The molecule has 0 spiro atoms. The third-order valence-corrected chi connectivity index (χ3v) is 8.30. The molecule has 2 amide bonds. The largest absolute Gasteiger partial charge is 0.471 e. The van der Waals surface area contributed by atoms with Gasteiger partial charge in [0, 0.05) is 12.6 Å². The minimum Gasteiger partial charge on any atom is -0.471 e. The zero-order valence-corrected chi connectivity index (χ0v) is 24.3. The minimum absolute atomic E-state index is 0.00709. The number of anilines is 2. The van der Waals surface area contributed by atoms with Crippen LogP contribution in [0.4, 0.5) is 33.6 Å². The van der Waals surface area contributed by atoms with Crippen LogP contribution < -0.4 is 20.7 Å². The van der Waals surface area contributed by atoms with Crippen LogP contribution in [0.3, 0.4) is 0 Å². The zero-order valence-electron chi connectivity index (χ0n) is 22.8. The number of ether oxygens (including phenoxy) is 1. The Balaban J connectivity index is 1.35. The van der Waals surface area contributed by atoms with Crippen LogP contribution in [0.15, 0.2) is 18.2 Å². The molecule has 0 atom stereocenters. The summed E-state index contributed by atoms with van der Waals surface area (Å²) >= 11 is 12.9. The van der Waals surface area contributed by atoms with E-state index >= 15 is 0 Å². The molecule has 5 rings (SSSR count). The van der Waals surface area contributed by atoms with Crippen molar-refractivity contribution in [3.05, 3.63) is 39.4 Å². The van der Waals surface area contributed by atoms with Crippen molar-refractivity contribution in [2.45, 2.75) is 69.3 Å². The number of carbonyl (C=O) groups is 2. The van der Waals surface area contributed by atoms with Gasteiger partial charge in [0.1, 0.15) is 11.2 Å². The minimum atomic E-state index is -4.31. The molecule has 2 saturated carbocycles. The van der Waals surface area contributed by atoms with Gasteiger partial charge in [-0.15, -0.1) is 0 Å². The van der Waals surface area contributed by atoms with E-state index in [4.69, 9.17) is 27.9 Å². The summed E-state index contributed by atoms with van der Waals surface area (Å²) in [5, 5.41) is 18.5. The van der Waals surface area contributed by atoms with Crippen LogP contribution >= 0.6 is 23.2 Å². The number of aliphatic hydroxyl groups is 1. The molecule has 0 aliphatic heterocycles. The third kappa shape index (κ3) is 7.26. The van der Waals surface area contributed by atoms with Gasteiger partial charge in [-0.25, -0.2) is 8.78 Å². The summed E-state index contributed by atoms with van der Waals surface area (Å²) in [5.74, 6) is -3.07. The monoisotopic (exact) mass is 664 g/mol. The predicted molar refractivity (Wildman–Crippen MR) is 150 cm³/mol. The molecule has 2 aromatic heterocycles. The highest BCUT2D eigenvalue weighted by Crippen LogP contribution is 2.39.